The maximum atomic E-state index is 12.7. The maximum Gasteiger partial charge on any atom is 0.340 e. The summed E-state index contributed by atoms with van der Waals surface area (Å²) in [5.41, 5.74) is 4.81. The minimum absolute atomic E-state index is 0.350. The number of carbonyl (C=O) groups excluding carboxylic acids is 1. The molecular weight excluding hydrogens is 326 g/mol. The van der Waals surface area contributed by atoms with Crippen molar-refractivity contribution in [2.24, 2.45) is 0 Å². The summed E-state index contributed by atoms with van der Waals surface area (Å²) in [6.07, 6.45) is 3.82. The molecule has 0 saturated heterocycles. The van der Waals surface area contributed by atoms with Crippen LogP contribution in [0.2, 0.25) is 0 Å². The standard InChI is InChI=1S/C21H15N3O2/c1-26-21(25)18-16-10-4-5-12-24(16)20-17(18)13-7-2-3-8-14(13)23-19(20)15-9-6-11-22-15/h2-12,22H,1H3. The number of methoxy groups -OCH3 is 1. The number of fused-ring (bicyclic) bond motifs is 5. The second-order valence-corrected chi connectivity index (χ2v) is 6.11. The Labute approximate surface area is 148 Å². The van der Waals surface area contributed by atoms with E-state index in [1.807, 2.05) is 71.4 Å². The molecule has 5 nitrogen and oxygen atoms in total. The number of nitrogens with one attached hydrogen (secondary N) is 1. The predicted molar refractivity (Wildman–Crippen MR) is 101 cm³/mol. The van der Waals surface area contributed by atoms with Crippen LogP contribution in [0, 0.1) is 0 Å². The van der Waals surface area contributed by atoms with Crippen molar-refractivity contribution in [2.75, 3.05) is 7.11 Å². The van der Waals surface area contributed by atoms with Crippen LogP contribution < -0.4 is 0 Å². The molecule has 0 radical (unpaired) electrons. The van der Waals surface area contributed by atoms with E-state index < -0.39 is 0 Å². The quantitative estimate of drug-likeness (QED) is 0.484. The average molecular weight is 341 g/mol. The molecule has 26 heavy (non-hydrogen) atoms. The van der Waals surface area contributed by atoms with E-state index in [0.717, 1.165) is 38.7 Å². The van der Waals surface area contributed by atoms with Gasteiger partial charge in [-0.2, -0.15) is 0 Å². The summed E-state index contributed by atoms with van der Waals surface area (Å²) >= 11 is 0. The summed E-state index contributed by atoms with van der Waals surface area (Å²) in [7, 11) is 1.41. The van der Waals surface area contributed by atoms with Crippen LogP contribution in [0.15, 0.2) is 67.0 Å². The first-order chi connectivity index (χ1) is 12.8. The molecule has 1 N–H and O–H groups in total. The lowest BCUT2D eigenvalue weighted by molar-refractivity contribution is 0.0605. The van der Waals surface area contributed by atoms with Crippen molar-refractivity contribution < 1.29 is 9.53 Å². The zero-order valence-electron chi connectivity index (χ0n) is 14.1. The van der Waals surface area contributed by atoms with Gasteiger partial charge >= 0.3 is 5.97 Å². The van der Waals surface area contributed by atoms with Crippen molar-refractivity contribution in [1.82, 2.24) is 14.4 Å². The van der Waals surface area contributed by atoms with Gasteiger partial charge in [-0.1, -0.05) is 24.3 Å². The molecule has 0 atom stereocenters. The Morgan fingerprint density at radius 3 is 2.73 bits per heavy atom. The minimum Gasteiger partial charge on any atom is -0.465 e. The molecule has 5 aromatic rings. The molecule has 0 amide bonds. The maximum absolute atomic E-state index is 12.7. The molecule has 0 spiro atoms. The molecule has 4 aromatic heterocycles. The molecule has 1 aromatic carbocycles. The highest BCUT2D eigenvalue weighted by Crippen LogP contribution is 2.37. The molecule has 0 aliphatic rings. The Morgan fingerprint density at radius 1 is 1.08 bits per heavy atom. The van der Waals surface area contributed by atoms with Gasteiger partial charge in [0.15, 0.2) is 0 Å². The summed E-state index contributed by atoms with van der Waals surface area (Å²) < 4.78 is 7.12. The second-order valence-electron chi connectivity index (χ2n) is 6.11. The Kier molecular flexibility index (Phi) is 3.09. The Bertz CT molecular complexity index is 1280. The van der Waals surface area contributed by atoms with Gasteiger partial charge in [0.2, 0.25) is 0 Å². The topological polar surface area (TPSA) is 59.4 Å². The molecule has 0 fully saturated rings. The van der Waals surface area contributed by atoms with Crippen LogP contribution in [0.3, 0.4) is 0 Å². The number of hydrogen-bond donors (Lipinski definition) is 1. The largest absolute Gasteiger partial charge is 0.465 e. The fourth-order valence-corrected chi connectivity index (χ4v) is 3.63. The van der Waals surface area contributed by atoms with Crippen LogP contribution in [0.4, 0.5) is 0 Å². The molecule has 0 aliphatic carbocycles. The van der Waals surface area contributed by atoms with Gasteiger partial charge in [0.05, 0.1) is 34.9 Å². The molecule has 0 aliphatic heterocycles. The number of aromatic nitrogens is 3. The van der Waals surface area contributed by atoms with Crippen LogP contribution in [-0.4, -0.2) is 27.4 Å². The summed E-state index contributed by atoms with van der Waals surface area (Å²) in [6.45, 7) is 0. The van der Waals surface area contributed by atoms with Crippen LogP contribution in [0.5, 0.6) is 0 Å². The van der Waals surface area contributed by atoms with Crippen LogP contribution in [0.1, 0.15) is 10.4 Å². The highest BCUT2D eigenvalue weighted by atomic mass is 16.5. The third-order valence-corrected chi connectivity index (χ3v) is 4.72. The third-order valence-electron chi connectivity index (χ3n) is 4.72. The number of rotatable bonds is 2. The lowest BCUT2D eigenvalue weighted by Crippen LogP contribution is -2.01. The lowest BCUT2D eigenvalue weighted by atomic mass is 10.0. The van der Waals surface area contributed by atoms with E-state index in [2.05, 4.69) is 4.98 Å². The van der Waals surface area contributed by atoms with E-state index in [1.54, 1.807) is 0 Å². The monoisotopic (exact) mass is 341 g/mol. The molecule has 5 heteroatoms. The molecule has 0 unspecified atom stereocenters. The number of carbonyl (C=O) groups is 1. The smallest absolute Gasteiger partial charge is 0.340 e. The number of ether oxygens (including phenoxy) is 1. The first-order valence-corrected chi connectivity index (χ1v) is 8.33. The second kappa shape index (κ2) is 5.46. The van der Waals surface area contributed by atoms with Gasteiger partial charge in [0.1, 0.15) is 5.69 Å². The molecule has 0 saturated carbocycles. The SMILES string of the molecule is COC(=O)c1c2c3ccccc3nc(-c3ccc[nH]3)c2n2ccccc12. The first kappa shape index (κ1) is 14.7. The van der Waals surface area contributed by atoms with Crippen LogP contribution in [0.25, 0.3) is 38.7 Å². The number of hydrogen-bond acceptors (Lipinski definition) is 3. The summed E-state index contributed by atoms with van der Waals surface area (Å²) in [4.78, 5) is 20.8. The van der Waals surface area contributed by atoms with Crippen LogP contribution in [-0.2, 0) is 4.74 Å². The van der Waals surface area contributed by atoms with E-state index in [0.29, 0.717) is 5.56 Å². The number of benzene rings is 1. The van der Waals surface area contributed by atoms with Gasteiger partial charge in [0.25, 0.3) is 0 Å². The summed E-state index contributed by atoms with van der Waals surface area (Å²) in [6, 6.07) is 17.6. The number of pyridine rings is 2. The van der Waals surface area contributed by atoms with Crippen molar-refractivity contribution in [3.8, 4) is 11.4 Å². The molecular formula is C21H15N3O2. The van der Waals surface area contributed by atoms with E-state index in [1.165, 1.54) is 7.11 Å². The first-order valence-electron chi connectivity index (χ1n) is 8.33. The lowest BCUT2D eigenvalue weighted by Gasteiger charge is -2.07. The minimum atomic E-state index is -0.350. The molecule has 0 bridgehead atoms. The Balaban J connectivity index is 2.12. The van der Waals surface area contributed by atoms with E-state index in [-0.39, 0.29) is 5.97 Å². The van der Waals surface area contributed by atoms with Crippen LogP contribution >= 0.6 is 0 Å². The van der Waals surface area contributed by atoms with Gasteiger partial charge in [-0.05, 0) is 30.3 Å². The fraction of sp³-hybridized carbons (Fsp3) is 0.0476. The Morgan fingerprint density at radius 2 is 1.92 bits per heavy atom. The van der Waals surface area contributed by atoms with E-state index in [9.17, 15) is 4.79 Å². The number of aromatic amines is 1. The summed E-state index contributed by atoms with van der Waals surface area (Å²) in [5, 5.41) is 1.79. The highest BCUT2D eigenvalue weighted by molar-refractivity contribution is 6.22. The van der Waals surface area contributed by atoms with Crippen molar-refractivity contribution in [3.05, 3.63) is 72.6 Å². The zero-order valence-corrected chi connectivity index (χ0v) is 14.1. The van der Waals surface area contributed by atoms with Gasteiger partial charge in [-0.3, -0.25) is 0 Å². The van der Waals surface area contributed by atoms with Gasteiger partial charge in [-0.25, -0.2) is 9.78 Å². The summed E-state index contributed by atoms with van der Waals surface area (Å²) in [5.74, 6) is -0.350. The number of nitrogens with zero attached hydrogens (tertiary/aromatic N) is 2. The van der Waals surface area contributed by atoms with Crippen molar-refractivity contribution in [3.63, 3.8) is 0 Å². The van der Waals surface area contributed by atoms with Gasteiger partial charge in [-0.15, -0.1) is 0 Å². The van der Waals surface area contributed by atoms with Crippen molar-refractivity contribution in [2.45, 2.75) is 0 Å². The fourth-order valence-electron chi connectivity index (χ4n) is 3.63. The highest BCUT2D eigenvalue weighted by Gasteiger charge is 2.24. The van der Waals surface area contributed by atoms with Crippen molar-refractivity contribution in [1.29, 1.82) is 0 Å². The van der Waals surface area contributed by atoms with E-state index in [4.69, 9.17) is 9.72 Å². The molecule has 4 heterocycles. The van der Waals surface area contributed by atoms with Gasteiger partial charge < -0.3 is 14.1 Å². The number of para-hydroxylation sites is 1. The Hall–Kier alpha value is -3.60. The predicted octanol–water partition coefficient (Wildman–Crippen LogP) is 4.42. The van der Waals surface area contributed by atoms with E-state index >= 15 is 0 Å². The number of H-pyrrole nitrogens is 1. The average Bonchev–Trinajstić information content (AvgIpc) is 3.33. The van der Waals surface area contributed by atoms with Gasteiger partial charge in [0, 0.05) is 23.2 Å². The third kappa shape index (κ3) is 1.91. The zero-order chi connectivity index (χ0) is 17.7. The normalized spacial score (nSPS) is 11.4. The number of esters is 1. The van der Waals surface area contributed by atoms with Crippen molar-refractivity contribution >= 4 is 33.3 Å². The molecule has 5 rings (SSSR count). The molecule has 126 valence electrons.